The average Bonchev–Trinajstić information content (AvgIpc) is 2.87. The van der Waals surface area contributed by atoms with Crippen LogP contribution in [-0.4, -0.2) is 27.4 Å². The SMILES string of the molecule is CC(CN)(Cc1ccn(C2CCCCC2)n1)C(=O)O. The Balaban J connectivity index is 2.06. The van der Waals surface area contributed by atoms with Gasteiger partial charge in [-0.3, -0.25) is 9.48 Å². The molecule has 1 aromatic heterocycles. The molecule has 5 nitrogen and oxygen atoms in total. The number of aromatic nitrogens is 2. The number of hydrogen-bond donors (Lipinski definition) is 2. The molecule has 1 saturated carbocycles. The topological polar surface area (TPSA) is 81.1 Å². The second kappa shape index (κ2) is 5.74. The van der Waals surface area contributed by atoms with Crippen molar-refractivity contribution < 1.29 is 9.90 Å². The normalized spacial score (nSPS) is 20.1. The maximum absolute atomic E-state index is 11.3. The van der Waals surface area contributed by atoms with Crippen LogP contribution in [-0.2, 0) is 11.2 Å². The van der Waals surface area contributed by atoms with Gasteiger partial charge in [-0.25, -0.2) is 0 Å². The minimum atomic E-state index is -0.925. The summed E-state index contributed by atoms with van der Waals surface area (Å²) in [6.07, 6.45) is 8.55. The summed E-state index contributed by atoms with van der Waals surface area (Å²) in [4.78, 5) is 11.3. The van der Waals surface area contributed by atoms with Gasteiger partial charge >= 0.3 is 5.97 Å². The van der Waals surface area contributed by atoms with Crippen LogP contribution in [0.25, 0.3) is 0 Å². The second-order valence-electron chi connectivity index (χ2n) is 5.83. The number of aliphatic carboxylic acids is 1. The summed E-state index contributed by atoms with van der Waals surface area (Å²) < 4.78 is 2.01. The highest BCUT2D eigenvalue weighted by atomic mass is 16.4. The fourth-order valence-corrected chi connectivity index (χ4v) is 2.66. The molecule has 1 aromatic rings. The number of carbonyl (C=O) groups is 1. The van der Waals surface area contributed by atoms with Crippen LogP contribution in [0.15, 0.2) is 12.3 Å². The summed E-state index contributed by atoms with van der Waals surface area (Å²) in [5, 5.41) is 13.8. The fourth-order valence-electron chi connectivity index (χ4n) is 2.66. The van der Waals surface area contributed by atoms with Crippen molar-refractivity contribution in [3.05, 3.63) is 18.0 Å². The lowest BCUT2D eigenvalue weighted by Crippen LogP contribution is -2.37. The lowest BCUT2D eigenvalue weighted by atomic mass is 9.86. The third kappa shape index (κ3) is 3.15. The molecule has 19 heavy (non-hydrogen) atoms. The van der Waals surface area contributed by atoms with Gasteiger partial charge < -0.3 is 10.8 Å². The molecule has 1 aliphatic rings. The first-order valence-corrected chi connectivity index (χ1v) is 7.03. The van der Waals surface area contributed by atoms with Gasteiger partial charge in [-0.2, -0.15) is 5.10 Å². The lowest BCUT2D eigenvalue weighted by Gasteiger charge is -2.23. The third-order valence-electron chi connectivity index (χ3n) is 4.15. The van der Waals surface area contributed by atoms with Crippen molar-refractivity contribution in [1.82, 2.24) is 9.78 Å². The molecule has 1 aliphatic carbocycles. The van der Waals surface area contributed by atoms with Crippen LogP contribution in [0, 0.1) is 5.41 Å². The van der Waals surface area contributed by atoms with E-state index in [2.05, 4.69) is 5.10 Å². The van der Waals surface area contributed by atoms with Gasteiger partial charge in [0.15, 0.2) is 0 Å². The molecular weight excluding hydrogens is 242 g/mol. The van der Waals surface area contributed by atoms with Crippen molar-refractivity contribution in [2.75, 3.05) is 6.54 Å². The smallest absolute Gasteiger partial charge is 0.311 e. The van der Waals surface area contributed by atoms with Crippen LogP contribution < -0.4 is 5.73 Å². The number of nitrogens with two attached hydrogens (primary N) is 1. The average molecular weight is 265 g/mol. The van der Waals surface area contributed by atoms with Crippen molar-refractivity contribution in [3.63, 3.8) is 0 Å². The summed E-state index contributed by atoms with van der Waals surface area (Å²) in [5.41, 5.74) is 5.49. The first-order valence-electron chi connectivity index (χ1n) is 7.03. The van der Waals surface area contributed by atoms with E-state index in [0.717, 1.165) is 5.69 Å². The van der Waals surface area contributed by atoms with E-state index in [-0.39, 0.29) is 6.54 Å². The third-order valence-corrected chi connectivity index (χ3v) is 4.15. The quantitative estimate of drug-likeness (QED) is 0.853. The van der Waals surface area contributed by atoms with Crippen molar-refractivity contribution in [2.45, 2.75) is 51.5 Å². The Morgan fingerprint density at radius 3 is 2.79 bits per heavy atom. The van der Waals surface area contributed by atoms with Gasteiger partial charge in [0.05, 0.1) is 17.2 Å². The maximum Gasteiger partial charge on any atom is 0.311 e. The van der Waals surface area contributed by atoms with E-state index < -0.39 is 11.4 Å². The molecule has 0 amide bonds. The molecule has 1 heterocycles. The summed E-state index contributed by atoms with van der Waals surface area (Å²) in [5.74, 6) is -0.859. The number of carboxylic acid groups (broad SMARTS) is 1. The highest BCUT2D eigenvalue weighted by molar-refractivity contribution is 5.74. The van der Waals surface area contributed by atoms with Crippen LogP contribution >= 0.6 is 0 Å². The molecule has 106 valence electrons. The van der Waals surface area contributed by atoms with E-state index in [0.29, 0.717) is 12.5 Å². The lowest BCUT2D eigenvalue weighted by molar-refractivity contribution is -0.147. The molecule has 0 radical (unpaired) electrons. The van der Waals surface area contributed by atoms with Crippen LogP contribution in [0.3, 0.4) is 0 Å². The molecule has 5 heteroatoms. The molecule has 3 N–H and O–H groups in total. The molecule has 0 aromatic carbocycles. The Morgan fingerprint density at radius 1 is 1.53 bits per heavy atom. The van der Waals surface area contributed by atoms with Crippen molar-refractivity contribution in [2.24, 2.45) is 11.1 Å². The molecule has 0 saturated heterocycles. The molecule has 1 fully saturated rings. The Kier molecular flexibility index (Phi) is 4.24. The highest BCUT2D eigenvalue weighted by Crippen LogP contribution is 2.28. The van der Waals surface area contributed by atoms with Gasteiger partial charge in [-0.05, 0) is 25.8 Å². The molecule has 1 unspecified atom stereocenters. The standard InChI is InChI=1S/C14H23N3O2/c1-14(10-15,13(18)19)9-11-7-8-17(16-11)12-5-3-2-4-6-12/h7-8,12H,2-6,9-10,15H2,1H3,(H,18,19). The molecule has 0 aliphatic heterocycles. The predicted octanol–water partition coefficient (Wildman–Crippen LogP) is 1.98. The van der Waals surface area contributed by atoms with E-state index in [1.54, 1.807) is 6.92 Å². The minimum Gasteiger partial charge on any atom is -0.481 e. The van der Waals surface area contributed by atoms with Gasteiger partial charge in [-0.15, -0.1) is 0 Å². The first-order chi connectivity index (χ1) is 9.05. The van der Waals surface area contributed by atoms with E-state index in [1.165, 1.54) is 32.1 Å². The predicted molar refractivity (Wildman–Crippen MR) is 72.9 cm³/mol. The maximum atomic E-state index is 11.3. The number of nitrogens with zero attached hydrogens (tertiary/aromatic N) is 2. The number of rotatable bonds is 5. The first kappa shape index (κ1) is 14.1. The highest BCUT2D eigenvalue weighted by Gasteiger charge is 2.32. The largest absolute Gasteiger partial charge is 0.481 e. The van der Waals surface area contributed by atoms with E-state index in [9.17, 15) is 9.90 Å². The van der Waals surface area contributed by atoms with Gasteiger partial charge in [0, 0.05) is 19.2 Å². The zero-order chi connectivity index (χ0) is 13.9. The zero-order valence-electron chi connectivity index (χ0n) is 11.5. The van der Waals surface area contributed by atoms with Crippen LogP contribution in [0.5, 0.6) is 0 Å². The molecule has 0 spiro atoms. The van der Waals surface area contributed by atoms with E-state index in [4.69, 9.17) is 5.73 Å². The van der Waals surface area contributed by atoms with Crippen molar-refractivity contribution in [3.8, 4) is 0 Å². The van der Waals surface area contributed by atoms with Crippen molar-refractivity contribution >= 4 is 5.97 Å². The molecular formula is C14H23N3O2. The zero-order valence-corrected chi connectivity index (χ0v) is 11.5. The summed E-state index contributed by atoms with van der Waals surface area (Å²) in [6, 6.07) is 2.40. The molecule has 2 rings (SSSR count). The number of hydrogen-bond acceptors (Lipinski definition) is 3. The summed E-state index contributed by atoms with van der Waals surface area (Å²) in [7, 11) is 0. The van der Waals surface area contributed by atoms with Gasteiger partial charge in [0.1, 0.15) is 0 Å². The fraction of sp³-hybridized carbons (Fsp3) is 0.714. The minimum absolute atomic E-state index is 0.124. The van der Waals surface area contributed by atoms with Gasteiger partial charge in [0.2, 0.25) is 0 Å². The van der Waals surface area contributed by atoms with Crippen molar-refractivity contribution in [1.29, 1.82) is 0 Å². The Bertz CT molecular complexity index is 438. The van der Waals surface area contributed by atoms with Gasteiger partial charge in [0.25, 0.3) is 0 Å². The summed E-state index contributed by atoms with van der Waals surface area (Å²) >= 11 is 0. The Labute approximate surface area is 113 Å². The Morgan fingerprint density at radius 2 is 2.21 bits per heavy atom. The van der Waals surface area contributed by atoms with Crippen LogP contribution in [0.1, 0.15) is 50.8 Å². The van der Waals surface area contributed by atoms with Crippen LogP contribution in [0.2, 0.25) is 0 Å². The van der Waals surface area contributed by atoms with E-state index >= 15 is 0 Å². The second-order valence-corrected chi connectivity index (χ2v) is 5.83. The molecule has 1 atom stereocenters. The van der Waals surface area contributed by atoms with Gasteiger partial charge in [-0.1, -0.05) is 19.3 Å². The number of carboxylic acids is 1. The Hall–Kier alpha value is -1.36. The summed E-state index contributed by atoms with van der Waals surface area (Å²) in [6.45, 7) is 1.80. The molecule has 0 bridgehead atoms. The monoisotopic (exact) mass is 265 g/mol. The van der Waals surface area contributed by atoms with Crippen LogP contribution in [0.4, 0.5) is 0 Å². The van der Waals surface area contributed by atoms with E-state index in [1.807, 2.05) is 16.9 Å².